The van der Waals surface area contributed by atoms with Crippen LogP contribution in [0, 0.1) is 11.2 Å². The zero-order chi connectivity index (χ0) is 15.6. The monoisotopic (exact) mass is 333 g/mol. The van der Waals surface area contributed by atoms with Crippen LogP contribution in [0.2, 0.25) is 10.0 Å². The maximum absolute atomic E-state index is 13.4. The van der Waals surface area contributed by atoms with E-state index in [2.05, 4.69) is 5.32 Å². The molecule has 0 atom stereocenters. The molecule has 2 N–H and O–H groups in total. The van der Waals surface area contributed by atoms with E-state index in [1.807, 2.05) is 0 Å². The number of benzene rings is 1. The van der Waals surface area contributed by atoms with Crippen molar-refractivity contribution in [2.45, 2.75) is 25.7 Å². The highest BCUT2D eigenvalue weighted by Gasteiger charge is 2.41. The highest BCUT2D eigenvalue weighted by molar-refractivity contribution is 6.36. The van der Waals surface area contributed by atoms with E-state index >= 15 is 0 Å². The highest BCUT2D eigenvalue weighted by atomic mass is 35.5. The van der Waals surface area contributed by atoms with Crippen LogP contribution in [-0.4, -0.2) is 23.5 Å². The van der Waals surface area contributed by atoms with E-state index in [1.165, 1.54) is 0 Å². The van der Waals surface area contributed by atoms with Crippen molar-refractivity contribution in [3.05, 3.63) is 33.6 Å². The number of nitrogens with one attached hydrogen (secondary N) is 1. The van der Waals surface area contributed by atoms with Gasteiger partial charge in [-0.25, -0.2) is 4.39 Å². The van der Waals surface area contributed by atoms with E-state index in [9.17, 15) is 19.1 Å². The molecule has 1 aliphatic carbocycles. The third kappa shape index (κ3) is 3.30. The molecule has 0 unspecified atom stereocenters. The highest BCUT2D eigenvalue weighted by Crippen LogP contribution is 2.37. The number of rotatable bonds is 4. The second-order valence-electron chi connectivity index (χ2n) is 5.22. The standard InChI is InChI=1S/C14H14Cl2FNO3/c15-9-6-10(16)11(17)5-8(9)12(19)18-7-14(13(20)21)3-1-2-4-14/h5-6H,1-4,7H2,(H,18,19)(H,20,21). The number of halogens is 3. The van der Waals surface area contributed by atoms with Crippen LogP contribution in [0.1, 0.15) is 36.0 Å². The predicted octanol–water partition coefficient (Wildman–Crippen LogP) is 3.51. The first-order chi connectivity index (χ1) is 9.85. The molecule has 1 aliphatic rings. The van der Waals surface area contributed by atoms with E-state index in [0.717, 1.165) is 25.0 Å². The quantitative estimate of drug-likeness (QED) is 0.828. The third-order valence-corrected chi connectivity index (χ3v) is 4.46. The number of amides is 1. The van der Waals surface area contributed by atoms with Crippen molar-refractivity contribution in [1.29, 1.82) is 0 Å². The number of carbonyl (C=O) groups excluding carboxylic acids is 1. The van der Waals surface area contributed by atoms with Crippen molar-refractivity contribution < 1.29 is 19.1 Å². The summed E-state index contributed by atoms with van der Waals surface area (Å²) in [5.41, 5.74) is -0.996. The number of aliphatic carboxylic acids is 1. The minimum Gasteiger partial charge on any atom is -0.481 e. The second-order valence-corrected chi connectivity index (χ2v) is 6.04. The van der Waals surface area contributed by atoms with Crippen molar-refractivity contribution in [3.8, 4) is 0 Å². The van der Waals surface area contributed by atoms with E-state index < -0.39 is 23.1 Å². The number of hydrogen-bond donors (Lipinski definition) is 2. The topological polar surface area (TPSA) is 66.4 Å². The SMILES string of the molecule is O=C(NCC1(C(=O)O)CCCC1)c1cc(F)c(Cl)cc1Cl. The van der Waals surface area contributed by atoms with E-state index in [0.29, 0.717) is 12.8 Å². The van der Waals surface area contributed by atoms with Crippen LogP contribution >= 0.6 is 23.2 Å². The number of carbonyl (C=O) groups is 2. The molecule has 4 nitrogen and oxygen atoms in total. The average Bonchev–Trinajstić information content (AvgIpc) is 2.90. The Morgan fingerprint density at radius 3 is 2.43 bits per heavy atom. The molecule has 0 heterocycles. The van der Waals surface area contributed by atoms with Crippen LogP contribution in [0.4, 0.5) is 4.39 Å². The minimum absolute atomic E-state index is 0.00173. The van der Waals surface area contributed by atoms with Gasteiger partial charge in [0.1, 0.15) is 5.82 Å². The molecule has 1 aromatic carbocycles. The zero-order valence-electron chi connectivity index (χ0n) is 11.1. The van der Waals surface area contributed by atoms with Crippen molar-refractivity contribution in [3.63, 3.8) is 0 Å². The van der Waals surface area contributed by atoms with Gasteiger partial charge in [0.25, 0.3) is 5.91 Å². The molecule has 0 saturated heterocycles. The van der Waals surface area contributed by atoms with Crippen LogP contribution in [0.15, 0.2) is 12.1 Å². The van der Waals surface area contributed by atoms with Crippen LogP contribution in [0.5, 0.6) is 0 Å². The Morgan fingerprint density at radius 2 is 1.86 bits per heavy atom. The molecule has 1 saturated carbocycles. The Balaban J connectivity index is 2.12. The second kappa shape index (κ2) is 6.20. The Bertz CT molecular complexity index is 586. The third-order valence-electron chi connectivity index (χ3n) is 3.86. The molecule has 0 aliphatic heterocycles. The molecule has 7 heteroatoms. The lowest BCUT2D eigenvalue weighted by atomic mass is 9.86. The summed E-state index contributed by atoms with van der Waals surface area (Å²) in [4.78, 5) is 23.4. The summed E-state index contributed by atoms with van der Waals surface area (Å²) in [6, 6.07) is 2.10. The van der Waals surface area contributed by atoms with E-state index in [1.54, 1.807) is 0 Å². The summed E-state index contributed by atoms with van der Waals surface area (Å²) in [5.74, 6) is -2.28. The Hall–Kier alpha value is -1.33. The zero-order valence-corrected chi connectivity index (χ0v) is 12.6. The van der Waals surface area contributed by atoms with Gasteiger partial charge >= 0.3 is 5.97 Å². The normalized spacial score (nSPS) is 16.7. The van der Waals surface area contributed by atoms with Crippen LogP contribution in [-0.2, 0) is 4.79 Å². The lowest BCUT2D eigenvalue weighted by Crippen LogP contribution is -2.41. The maximum Gasteiger partial charge on any atom is 0.311 e. The number of carboxylic acid groups (broad SMARTS) is 1. The predicted molar refractivity (Wildman–Crippen MR) is 77.3 cm³/mol. The van der Waals surface area contributed by atoms with Crippen molar-refractivity contribution in [1.82, 2.24) is 5.32 Å². The Labute approximate surface area is 131 Å². The smallest absolute Gasteiger partial charge is 0.311 e. The van der Waals surface area contributed by atoms with Gasteiger partial charge in [0, 0.05) is 6.54 Å². The molecule has 0 aromatic heterocycles. The molecule has 0 spiro atoms. The molecule has 1 aromatic rings. The lowest BCUT2D eigenvalue weighted by Gasteiger charge is -2.24. The average molecular weight is 334 g/mol. The molecule has 1 amide bonds. The molecule has 1 fully saturated rings. The lowest BCUT2D eigenvalue weighted by molar-refractivity contribution is -0.148. The molecular formula is C14H14Cl2FNO3. The summed E-state index contributed by atoms with van der Waals surface area (Å²) >= 11 is 11.4. The Morgan fingerprint density at radius 1 is 1.24 bits per heavy atom. The fourth-order valence-electron chi connectivity index (χ4n) is 2.56. The Kier molecular flexibility index (Phi) is 4.74. The summed E-state index contributed by atoms with van der Waals surface area (Å²) in [6.07, 6.45) is 2.67. The molecule has 21 heavy (non-hydrogen) atoms. The summed E-state index contributed by atoms with van der Waals surface area (Å²) in [6.45, 7) is 0.00173. The number of carboxylic acids is 1. The van der Waals surface area contributed by atoms with Gasteiger partial charge in [0.05, 0.1) is 21.0 Å². The molecule has 0 radical (unpaired) electrons. The largest absolute Gasteiger partial charge is 0.481 e. The molecule has 0 bridgehead atoms. The van der Waals surface area contributed by atoms with Gasteiger partial charge in [-0.1, -0.05) is 36.0 Å². The fraction of sp³-hybridized carbons (Fsp3) is 0.429. The van der Waals surface area contributed by atoms with Gasteiger partial charge in [-0.15, -0.1) is 0 Å². The summed E-state index contributed by atoms with van der Waals surface area (Å²) in [7, 11) is 0. The first-order valence-electron chi connectivity index (χ1n) is 6.52. The summed E-state index contributed by atoms with van der Waals surface area (Å²) in [5, 5.41) is 11.7. The van der Waals surface area contributed by atoms with Crippen LogP contribution < -0.4 is 5.32 Å². The van der Waals surface area contributed by atoms with Crippen LogP contribution in [0.25, 0.3) is 0 Å². The van der Waals surface area contributed by atoms with Gasteiger partial charge in [0.2, 0.25) is 0 Å². The van der Waals surface area contributed by atoms with E-state index in [4.69, 9.17) is 23.2 Å². The first kappa shape index (κ1) is 16.0. The maximum atomic E-state index is 13.4. The summed E-state index contributed by atoms with van der Waals surface area (Å²) < 4.78 is 13.4. The van der Waals surface area contributed by atoms with Crippen molar-refractivity contribution >= 4 is 35.1 Å². The minimum atomic E-state index is -0.937. The van der Waals surface area contributed by atoms with Gasteiger partial charge in [-0.3, -0.25) is 9.59 Å². The van der Waals surface area contributed by atoms with Crippen molar-refractivity contribution in [2.24, 2.45) is 5.41 Å². The van der Waals surface area contributed by atoms with Crippen LogP contribution in [0.3, 0.4) is 0 Å². The van der Waals surface area contributed by atoms with Gasteiger partial charge < -0.3 is 10.4 Å². The van der Waals surface area contributed by atoms with Gasteiger partial charge in [0.15, 0.2) is 0 Å². The molecule has 114 valence electrons. The van der Waals surface area contributed by atoms with Gasteiger partial charge in [-0.05, 0) is 25.0 Å². The molecular weight excluding hydrogens is 320 g/mol. The van der Waals surface area contributed by atoms with Gasteiger partial charge in [-0.2, -0.15) is 0 Å². The van der Waals surface area contributed by atoms with E-state index in [-0.39, 0.29) is 22.2 Å². The van der Waals surface area contributed by atoms with Crippen molar-refractivity contribution in [2.75, 3.05) is 6.54 Å². The molecule has 2 rings (SSSR count). The first-order valence-corrected chi connectivity index (χ1v) is 7.27. The fourth-order valence-corrected chi connectivity index (χ4v) is 3.03. The number of hydrogen-bond acceptors (Lipinski definition) is 2.